The van der Waals surface area contributed by atoms with Gasteiger partial charge in [-0.15, -0.1) is 0 Å². The number of benzene rings is 1. The normalized spacial score (nSPS) is 16.8. The van der Waals surface area contributed by atoms with Crippen molar-refractivity contribution in [2.24, 2.45) is 5.92 Å². The van der Waals surface area contributed by atoms with E-state index in [0.717, 1.165) is 37.4 Å². The Balaban J connectivity index is 1.27. The summed E-state index contributed by atoms with van der Waals surface area (Å²) in [5.74, 6) is 0.736. The first-order valence-corrected chi connectivity index (χ1v) is 9.65. The number of nitrogens with zero attached hydrogens (tertiary/aromatic N) is 4. The van der Waals surface area contributed by atoms with Gasteiger partial charge in [-0.2, -0.15) is 0 Å². The van der Waals surface area contributed by atoms with Crippen LogP contribution < -0.4 is 4.90 Å². The van der Waals surface area contributed by atoms with Crippen molar-refractivity contribution >= 4 is 17.2 Å². The number of fused-ring (bicyclic) bond motifs is 1. The van der Waals surface area contributed by atoms with Crippen LogP contribution in [0.1, 0.15) is 18.5 Å². The molecule has 4 rings (SSSR count). The number of rotatable bonds is 6. The quantitative estimate of drug-likeness (QED) is 0.676. The molecular weight excluding hydrogens is 336 g/mol. The third-order valence-electron chi connectivity index (χ3n) is 5.37. The van der Waals surface area contributed by atoms with E-state index in [1.54, 1.807) is 0 Å². The summed E-state index contributed by atoms with van der Waals surface area (Å²) < 4.78 is 2.00. The number of aromatic nitrogens is 2. The van der Waals surface area contributed by atoms with E-state index in [-0.39, 0.29) is 5.91 Å². The number of hydrogen-bond acceptors (Lipinski definition) is 3. The molecule has 1 fully saturated rings. The van der Waals surface area contributed by atoms with Crippen molar-refractivity contribution in [3.8, 4) is 0 Å². The maximum absolute atomic E-state index is 12.5. The van der Waals surface area contributed by atoms with Crippen LogP contribution in [-0.2, 0) is 11.2 Å². The fourth-order valence-electron chi connectivity index (χ4n) is 3.88. The van der Waals surface area contributed by atoms with Gasteiger partial charge >= 0.3 is 0 Å². The van der Waals surface area contributed by atoms with E-state index in [0.29, 0.717) is 18.8 Å². The predicted octanol–water partition coefficient (Wildman–Crippen LogP) is 3.25. The molecule has 0 aliphatic carbocycles. The van der Waals surface area contributed by atoms with E-state index in [1.165, 1.54) is 5.69 Å². The topological polar surface area (TPSA) is 40.9 Å². The summed E-state index contributed by atoms with van der Waals surface area (Å²) in [6.07, 6.45) is 6.33. The average molecular weight is 362 g/mol. The average Bonchev–Trinajstić information content (AvgIpc) is 3.33. The van der Waals surface area contributed by atoms with Gasteiger partial charge in [0.15, 0.2) is 0 Å². The highest BCUT2D eigenvalue weighted by Crippen LogP contribution is 2.24. The summed E-state index contributed by atoms with van der Waals surface area (Å²) >= 11 is 0. The molecule has 5 nitrogen and oxygen atoms in total. The van der Waals surface area contributed by atoms with Crippen LogP contribution in [-0.4, -0.2) is 46.9 Å². The van der Waals surface area contributed by atoms with Gasteiger partial charge in [0, 0.05) is 51.2 Å². The van der Waals surface area contributed by atoms with Crippen LogP contribution in [0, 0.1) is 5.92 Å². The van der Waals surface area contributed by atoms with Gasteiger partial charge in [0.2, 0.25) is 5.91 Å². The van der Waals surface area contributed by atoms with Crippen molar-refractivity contribution in [1.29, 1.82) is 0 Å². The molecule has 1 aromatic carbocycles. The molecule has 5 heteroatoms. The smallest absolute Gasteiger partial charge is 0.222 e. The van der Waals surface area contributed by atoms with Gasteiger partial charge in [-0.1, -0.05) is 24.3 Å². The molecular formula is C22H26N4O. The van der Waals surface area contributed by atoms with Crippen LogP contribution in [0.5, 0.6) is 0 Å². The third-order valence-corrected chi connectivity index (χ3v) is 5.37. The maximum Gasteiger partial charge on any atom is 0.222 e. The van der Waals surface area contributed by atoms with E-state index in [1.807, 2.05) is 53.0 Å². The first-order chi connectivity index (χ1) is 13.2. The number of pyridine rings is 1. The number of hydrogen-bond donors (Lipinski definition) is 0. The minimum absolute atomic E-state index is 0.199. The monoisotopic (exact) mass is 362 g/mol. The summed E-state index contributed by atoms with van der Waals surface area (Å²) in [5.41, 5.74) is 3.18. The van der Waals surface area contributed by atoms with E-state index >= 15 is 0 Å². The zero-order chi connectivity index (χ0) is 18.6. The molecule has 1 saturated heterocycles. The Morgan fingerprint density at radius 3 is 2.81 bits per heavy atom. The first kappa shape index (κ1) is 17.6. The Bertz CT molecular complexity index is 872. The van der Waals surface area contributed by atoms with Crippen molar-refractivity contribution in [2.45, 2.75) is 19.3 Å². The molecule has 0 saturated carbocycles. The molecule has 3 aromatic rings. The standard InChI is InChI=1S/C22H26N4O/c1-24(15-18-12-14-25(16-18)20-7-3-2-4-8-20)22(27)11-10-19-17-26-13-6-5-9-21(26)23-19/h2-9,13,17-18H,10-12,14-16H2,1H3/t18-/m0/s1. The van der Waals surface area contributed by atoms with Crippen LogP contribution >= 0.6 is 0 Å². The van der Waals surface area contributed by atoms with Gasteiger partial charge in [0.1, 0.15) is 5.65 Å². The second kappa shape index (κ2) is 7.82. The van der Waals surface area contributed by atoms with Crippen molar-refractivity contribution in [3.05, 3.63) is 66.6 Å². The Morgan fingerprint density at radius 1 is 1.19 bits per heavy atom. The Morgan fingerprint density at radius 2 is 2.00 bits per heavy atom. The predicted molar refractivity (Wildman–Crippen MR) is 108 cm³/mol. The number of para-hydroxylation sites is 1. The van der Waals surface area contributed by atoms with Crippen molar-refractivity contribution < 1.29 is 4.79 Å². The Labute approximate surface area is 160 Å². The molecule has 27 heavy (non-hydrogen) atoms. The molecule has 0 N–H and O–H groups in total. The molecule has 2 aromatic heterocycles. The number of carbonyl (C=O) groups excluding carboxylic acids is 1. The number of carbonyl (C=O) groups is 1. The summed E-state index contributed by atoms with van der Waals surface area (Å²) in [7, 11) is 1.93. The molecule has 140 valence electrons. The van der Waals surface area contributed by atoms with Crippen molar-refractivity contribution in [3.63, 3.8) is 0 Å². The molecule has 1 aliphatic heterocycles. The number of imidazole rings is 1. The van der Waals surface area contributed by atoms with Crippen LogP contribution in [0.3, 0.4) is 0 Å². The first-order valence-electron chi connectivity index (χ1n) is 9.65. The molecule has 0 bridgehead atoms. The summed E-state index contributed by atoms with van der Waals surface area (Å²) in [5, 5.41) is 0. The number of aryl methyl sites for hydroxylation is 1. The highest BCUT2D eigenvalue weighted by Gasteiger charge is 2.25. The summed E-state index contributed by atoms with van der Waals surface area (Å²) in [6, 6.07) is 16.5. The Hall–Kier alpha value is -2.82. The van der Waals surface area contributed by atoms with Gasteiger partial charge in [-0.25, -0.2) is 4.98 Å². The summed E-state index contributed by atoms with van der Waals surface area (Å²) in [4.78, 5) is 21.4. The molecule has 0 radical (unpaired) electrons. The van der Waals surface area contributed by atoms with Gasteiger partial charge in [-0.05, 0) is 43.0 Å². The number of anilines is 1. The third kappa shape index (κ3) is 4.13. The number of amides is 1. The zero-order valence-corrected chi connectivity index (χ0v) is 15.8. The molecule has 1 aliphatic rings. The van der Waals surface area contributed by atoms with Gasteiger partial charge < -0.3 is 14.2 Å². The molecule has 1 atom stereocenters. The van der Waals surface area contributed by atoms with E-state index < -0.39 is 0 Å². The highest BCUT2D eigenvalue weighted by molar-refractivity contribution is 5.76. The lowest BCUT2D eigenvalue weighted by Crippen LogP contribution is -2.33. The van der Waals surface area contributed by atoms with Crippen molar-refractivity contribution in [1.82, 2.24) is 14.3 Å². The van der Waals surface area contributed by atoms with Crippen LogP contribution in [0.2, 0.25) is 0 Å². The second-order valence-electron chi connectivity index (χ2n) is 7.41. The minimum Gasteiger partial charge on any atom is -0.371 e. The highest BCUT2D eigenvalue weighted by atomic mass is 16.2. The fourth-order valence-corrected chi connectivity index (χ4v) is 3.88. The maximum atomic E-state index is 12.5. The van der Waals surface area contributed by atoms with Crippen LogP contribution in [0.15, 0.2) is 60.9 Å². The van der Waals surface area contributed by atoms with Crippen LogP contribution in [0.25, 0.3) is 5.65 Å². The minimum atomic E-state index is 0.199. The Kier molecular flexibility index (Phi) is 5.10. The van der Waals surface area contributed by atoms with Gasteiger partial charge in [0.25, 0.3) is 0 Å². The molecule has 1 amide bonds. The second-order valence-corrected chi connectivity index (χ2v) is 7.41. The largest absolute Gasteiger partial charge is 0.371 e. The lowest BCUT2D eigenvalue weighted by Gasteiger charge is -2.22. The van der Waals surface area contributed by atoms with E-state index in [2.05, 4.69) is 34.1 Å². The molecule has 0 unspecified atom stereocenters. The molecule has 0 spiro atoms. The van der Waals surface area contributed by atoms with E-state index in [4.69, 9.17) is 0 Å². The van der Waals surface area contributed by atoms with Crippen LogP contribution in [0.4, 0.5) is 5.69 Å². The molecule has 3 heterocycles. The zero-order valence-electron chi connectivity index (χ0n) is 15.8. The summed E-state index contributed by atoms with van der Waals surface area (Å²) in [6.45, 7) is 2.92. The van der Waals surface area contributed by atoms with Crippen molar-refractivity contribution in [2.75, 3.05) is 31.6 Å². The van der Waals surface area contributed by atoms with Gasteiger partial charge in [-0.3, -0.25) is 4.79 Å². The SMILES string of the molecule is CN(C[C@@H]1CCN(c2ccccc2)C1)C(=O)CCc1cn2ccccc2n1. The lowest BCUT2D eigenvalue weighted by atomic mass is 10.1. The van der Waals surface area contributed by atoms with Gasteiger partial charge in [0.05, 0.1) is 5.69 Å². The lowest BCUT2D eigenvalue weighted by molar-refractivity contribution is -0.130. The fraction of sp³-hybridized carbons (Fsp3) is 0.364. The van der Waals surface area contributed by atoms with E-state index in [9.17, 15) is 4.79 Å².